The zero-order chi connectivity index (χ0) is 14.3. The average molecular weight is 265 g/mol. The molecular weight excluding hydrogens is 242 g/mol. The van der Waals surface area contributed by atoms with Crippen LogP contribution in [0.4, 0.5) is 0 Å². The van der Waals surface area contributed by atoms with E-state index in [2.05, 4.69) is 5.32 Å². The fourth-order valence-electron chi connectivity index (χ4n) is 1.95. The minimum Gasteiger partial charge on any atom is -0.490 e. The molecule has 1 amide bonds. The third-order valence-corrected chi connectivity index (χ3v) is 2.74. The maximum atomic E-state index is 12.2. The van der Waals surface area contributed by atoms with Gasteiger partial charge >= 0.3 is 0 Å². The second-order valence-corrected chi connectivity index (χ2v) is 4.01. The van der Waals surface area contributed by atoms with Crippen LogP contribution in [0.3, 0.4) is 0 Å². The largest absolute Gasteiger partial charge is 0.490 e. The van der Waals surface area contributed by atoms with Crippen molar-refractivity contribution in [2.45, 2.75) is 34.1 Å². The van der Waals surface area contributed by atoms with Gasteiger partial charge in [-0.2, -0.15) is 0 Å². The second-order valence-electron chi connectivity index (χ2n) is 4.01. The van der Waals surface area contributed by atoms with Crippen LogP contribution in [0.5, 0.6) is 11.5 Å². The molecule has 4 heteroatoms. The van der Waals surface area contributed by atoms with E-state index >= 15 is 0 Å². The van der Waals surface area contributed by atoms with Crippen molar-refractivity contribution in [3.05, 3.63) is 23.3 Å². The number of rotatable bonds is 7. The number of benzene rings is 1. The molecule has 0 aliphatic rings. The van der Waals surface area contributed by atoms with Gasteiger partial charge < -0.3 is 14.8 Å². The fraction of sp³-hybridized carbons (Fsp3) is 0.533. The Bertz CT molecular complexity index is 430. The molecule has 0 heterocycles. The molecule has 1 aromatic carbocycles. The monoisotopic (exact) mass is 265 g/mol. The second kappa shape index (κ2) is 7.67. The molecule has 0 aliphatic heterocycles. The van der Waals surface area contributed by atoms with Crippen molar-refractivity contribution < 1.29 is 14.3 Å². The summed E-state index contributed by atoms with van der Waals surface area (Å²) >= 11 is 0. The molecule has 0 atom stereocenters. The summed E-state index contributed by atoms with van der Waals surface area (Å²) in [5.41, 5.74) is 1.56. The number of amides is 1. The minimum absolute atomic E-state index is 0.107. The molecule has 106 valence electrons. The number of nitrogens with one attached hydrogen (secondary N) is 1. The zero-order valence-corrected chi connectivity index (χ0v) is 12.2. The first-order valence-corrected chi connectivity index (χ1v) is 6.89. The Morgan fingerprint density at radius 2 is 1.79 bits per heavy atom. The Morgan fingerprint density at radius 3 is 2.32 bits per heavy atom. The number of ether oxygens (including phenoxy) is 2. The summed E-state index contributed by atoms with van der Waals surface area (Å²) in [5, 5.41) is 2.83. The lowest BCUT2D eigenvalue weighted by Gasteiger charge is -2.17. The highest BCUT2D eigenvalue weighted by molar-refractivity contribution is 5.99. The van der Waals surface area contributed by atoms with Crippen LogP contribution in [-0.2, 0) is 6.42 Å². The summed E-state index contributed by atoms with van der Waals surface area (Å²) in [7, 11) is 0. The lowest BCUT2D eigenvalue weighted by atomic mass is 10.0. The Hall–Kier alpha value is -1.71. The van der Waals surface area contributed by atoms with Crippen LogP contribution in [0, 0.1) is 0 Å². The van der Waals surface area contributed by atoms with Crippen LogP contribution in [0.1, 0.15) is 43.6 Å². The number of hydrogen-bond donors (Lipinski definition) is 1. The lowest BCUT2D eigenvalue weighted by molar-refractivity contribution is 0.0950. The highest BCUT2D eigenvalue weighted by Gasteiger charge is 2.20. The Labute approximate surface area is 115 Å². The standard InChI is InChI=1S/C15H23NO3/c1-5-11-9-10-12(18-7-3)14(19-8-4)13(11)15(17)16-6-2/h9-10H,5-8H2,1-4H3,(H,16,17). The molecule has 0 fully saturated rings. The molecule has 0 bridgehead atoms. The van der Waals surface area contributed by atoms with Gasteiger partial charge in [0.25, 0.3) is 5.91 Å². The first kappa shape index (κ1) is 15.3. The highest BCUT2D eigenvalue weighted by atomic mass is 16.5. The number of hydrogen-bond acceptors (Lipinski definition) is 3. The molecule has 4 nitrogen and oxygen atoms in total. The molecule has 0 radical (unpaired) electrons. The van der Waals surface area contributed by atoms with Gasteiger partial charge in [0.2, 0.25) is 0 Å². The van der Waals surface area contributed by atoms with Crippen LogP contribution in [0.15, 0.2) is 12.1 Å². The van der Waals surface area contributed by atoms with Gasteiger partial charge in [0, 0.05) is 6.54 Å². The van der Waals surface area contributed by atoms with E-state index in [1.165, 1.54) is 0 Å². The first-order chi connectivity index (χ1) is 9.19. The quantitative estimate of drug-likeness (QED) is 0.824. The van der Waals surface area contributed by atoms with Crippen LogP contribution in [0.2, 0.25) is 0 Å². The van der Waals surface area contributed by atoms with Crippen molar-refractivity contribution in [1.29, 1.82) is 0 Å². The molecule has 0 unspecified atom stereocenters. The van der Waals surface area contributed by atoms with Gasteiger partial charge in [0.15, 0.2) is 11.5 Å². The summed E-state index contributed by atoms with van der Waals surface area (Å²) in [5.74, 6) is 1.07. The van der Waals surface area contributed by atoms with Crippen molar-refractivity contribution in [3.8, 4) is 11.5 Å². The van der Waals surface area contributed by atoms with E-state index in [1.807, 2.05) is 39.8 Å². The van der Waals surface area contributed by atoms with E-state index in [9.17, 15) is 4.79 Å². The van der Waals surface area contributed by atoms with Gasteiger partial charge in [0.05, 0.1) is 18.8 Å². The third kappa shape index (κ3) is 3.63. The van der Waals surface area contributed by atoms with Crippen LogP contribution in [0.25, 0.3) is 0 Å². The van der Waals surface area contributed by atoms with Crippen molar-refractivity contribution >= 4 is 5.91 Å². The summed E-state index contributed by atoms with van der Waals surface area (Å²) < 4.78 is 11.2. The number of carbonyl (C=O) groups excluding carboxylic acids is 1. The maximum Gasteiger partial charge on any atom is 0.255 e. The lowest BCUT2D eigenvalue weighted by Crippen LogP contribution is -2.25. The van der Waals surface area contributed by atoms with Crippen molar-refractivity contribution in [2.75, 3.05) is 19.8 Å². The summed E-state index contributed by atoms with van der Waals surface area (Å²) in [4.78, 5) is 12.2. The predicted molar refractivity (Wildman–Crippen MR) is 76.2 cm³/mol. The van der Waals surface area contributed by atoms with Crippen molar-refractivity contribution in [2.24, 2.45) is 0 Å². The smallest absolute Gasteiger partial charge is 0.255 e. The fourth-order valence-corrected chi connectivity index (χ4v) is 1.95. The van der Waals surface area contributed by atoms with Gasteiger partial charge in [-0.15, -0.1) is 0 Å². The van der Waals surface area contributed by atoms with E-state index in [0.717, 1.165) is 12.0 Å². The van der Waals surface area contributed by atoms with Crippen LogP contribution >= 0.6 is 0 Å². The van der Waals surface area contributed by atoms with Gasteiger partial charge in [-0.3, -0.25) is 4.79 Å². The first-order valence-electron chi connectivity index (χ1n) is 6.89. The van der Waals surface area contributed by atoms with E-state index in [0.29, 0.717) is 36.8 Å². The molecule has 0 spiro atoms. The summed E-state index contributed by atoms with van der Waals surface area (Å²) in [6.45, 7) is 9.36. The normalized spacial score (nSPS) is 10.1. The van der Waals surface area contributed by atoms with E-state index in [4.69, 9.17) is 9.47 Å². The summed E-state index contributed by atoms with van der Waals surface area (Å²) in [6, 6.07) is 3.80. The Balaban J connectivity index is 3.33. The average Bonchev–Trinajstić information content (AvgIpc) is 2.41. The molecule has 1 rings (SSSR count). The maximum absolute atomic E-state index is 12.2. The Morgan fingerprint density at radius 1 is 1.11 bits per heavy atom. The van der Waals surface area contributed by atoms with Crippen LogP contribution in [-0.4, -0.2) is 25.7 Å². The molecule has 1 aromatic rings. The molecule has 0 aliphatic carbocycles. The molecule has 0 saturated heterocycles. The number of aryl methyl sites for hydroxylation is 1. The molecule has 0 saturated carbocycles. The zero-order valence-electron chi connectivity index (χ0n) is 12.2. The predicted octanol–water partition coefficient (Wildman–Crippen LogP) is 2.80. The molecule has 1 N–H and O–H groups in total. The van der Waals surface area contributed by atoms with Crippen LogP contribution < -0.4 is 14.8 Å². The SMILES string of the molecule is CCNC(=O)c1c(CC)ccc(OCC)c1OCC. The van der Waals surface area contributed by atoms with E-state index in [-0.39, 0.29) is 5.91 Å². The van der Waals surface area contributed by atoms with Crippen molar-refractivity contribution in [3.63, 3.8) is 0 Å². The summed E-state index contributed by atoms with van der Waals surface area (Å²) in [6.07, 6.45) is 0.777. The van der Waals surface area contributed by atoms with Crippen molar-refractivity contribution in [1.82, 2.24) is 5.32 Å². The van der Waals surface area contributed by atoms with Gasteiger partial charge in [-0.25, -0.2) is 0 Å². The highest BCUT2D eigenvalue weighted by Crippen LogP contribution is 2.34. The number of carbonyl (C=O) groups is 1. The van der Waals surface area contributed by atoms with Gasteiger partial charge in [-0.05, 0) is 38.8 Å². The molecule has 19 heavy (non-hydrogen) atoms. The van der Waals surface area contributed by atoms with Gasteiger partial charge in [0.1, 0.15) is 0 Å². The van der Waals surface area contributed by atoms with Gasteiger partial charge in [-0.1, -0.05) is 13.0 Å². The Kier molecular flexibility index (Phi) is 6.19. The third-order valence-electron chi connectivity index (χ3n) is 2.74. The minimum atomic E-state index is -0.107. The van der Waals surface area contributed by atoms with E-state index < -0.39 is 0 Å². The molecular formula is C15H23NO3. The molecule has 0 aromatic heterocycles. The van der Waals surface area contributed by atoms with E-state index in [1.54, 1.807) is 0 Å². The topological polar surface area (TPSA) is 47.6 Å².